The Labute approximate surface area is 142 Å². The van der Waals surface area contributed by atoms with Crippen LogP contribution in [0.5, 0.6) is 11.5 Å². The maximum absolute atomic E-state index is 12.1. The summed E-state index contributed by atoms with van der Waals surface area (Å²) in [6.45, 7) is 1.94. The van der Waals surface area contributed by atoms with Crippen molar-refractivity contribution >= 4 is 27.8 Å². The number of phenols is 1. The summed E-state index contributed by atoms with van der Waals surface area (Å²) >= 11 is 0. The van der Waals surface area contributed by atoms with Crippen molar-refractivity contribution in [1.82, 2.24) is 4.90 Å². The van der Waals surface area contributed by atoms with E-state index in [0.717, 1.165) is 0 Å². The topological polar surface area (TPSA) is 89.2 Å². The Morgan fingerprint density at radius 1 is 1.04 bits per heavy atom. The fourth-order valence-corrected chi connectivity index (χ4v) is 2.88. The highest BCUT2D eigenvalue weighted by Crippen LogP contribution is 2.28. The SMILES string of the molecule is O=C(Oc1ccc2c(c1)oc(=O)c1cc(O)ccc12)N1CCOCC1. The minimum atomic E-state index is -0.560. The first kappa shape index (κ1) is 15.5. The number of nitrogens with zero attached hydrogens (tertiary/aromatic N) is 1. The molecule has 1 fully saturated rings. The smallest absolute Gasteiger partial charge is 0.415 e. The number of ether oxygens (including phenoxy) is 2. The molecule has 1 aliphatic heterocycles. The molecule has 0 spiro atoms. The van der Waals surface area contributed by atoms with Crippen LogP contribution in [0.2, 0.25) is 0 Å². The van der Waals surface area contributed by atoms with Gasteiger partial charge in [-0.1, -0.05) is 0 Å². The van der Waals surface area contributed by atoms with Gasteiger partial charge in [-0.05, 0) is 30.3 Å². The monoisotopic (exact) mass is 341 g/mol. The number of benzene rings is 2. The fourth-order valence-electron chi connectivity index (χ4n) is 2.88. The zero-order valence-electron chi connectivity index (χ0n) is 13.2. The largest absolute Gasteiger partial charge is 0.508 e. The van der Waals surface area contributed by atoms with E-state index in [0.29, 0.717) is 53.8 Å². The molecule has 1 saturated heterocycles. The van der Waals surface area contributed by atoms with Crippen LogP contribution >= 0.6 is 0 Å². The molecule has 0 saturated carbocycles. The molecular formula is C18H15NO6. The first-order valence-corrected chi connectivity index (χ1v) is 7.86. The second-order valence-electron chi connectivity index (χ2n) is 5.74. The van der Waals surface area contributed by atoms with E-state index in [1.54, 1.807) is 23.1 Å². The van der Waals surface area contributed by atoms with Gasteiger partial charge in [0.05, 0.1) is 18.6 Å². The summed E-state index contributed by atoms with van der Waals surface area (Å²) in [5.74, 6) is 0.292. The molecule has 2 aromatic carbocycles. The van der Waals surface area contributed by atoms with Gasteiger partial charge in [0.25, 0.3) is 0 Å². The molecule has 0 bridgehead atoms. The van der Waals surface area contributed by atoms with E-state index in [1.165, 1.54) is 18.2 Å². The Morgan fingerprint density at radius 3 is 2.60 bits per heavy atom. The number of aromatic hydroxyl groups is 1. The lowest BCUT2D eigenvalue weighted by Gasteiger charge is -2.25. The molecule has 1 aromatic heterocycles. The maximum Gasteiger partial charge on any atom is 0.415 e. The van der Waals surface area contributed by atoms with Gasteiger partial charge in [0.1, 0.15) is 17.1 Å². The van der Waals surface area contributed by atoms with Crippen molar-refractivity contribution in [1.29, 1.82) is 0 Å². The molecule has 7 nitrogen and oxygen atoms in total. The summed E-state index contributed by atoms with van der Waals surface area (Å²) in [5.41, 5.74) is -0.245. The van der Waals surface area contributed by atoms with Crippen molar-refractivity contribution in [3.05, 3.63) is 46.8 Å². The van der Waals surface area contributed by atoms with Crippen LogP contribution in [0, 0.1) is 0 Å². The van der Waals surface area contributed by atoms with E-state index in [-0.39, 0.29) is 5.75 Å². The second-order valence-corrected chi connectivity index (χ2v) is 5.74. The maximum atomic E-state index is 12.1. The molecule has 7 heteroatoms. The second kappa shape index (κ2) is 6.10. The van der Waals surface area contributed by atoms with Gasteiger partial charge in [-0.3, -0.25) is 0 Å². The number of carbonyl (C=O) groups is 1. The highest BCUT2D eigenvalue weighted by Gasteiger charge is 2.19. The lowest BCUT2D eigenvalue weighted by Crippen LogP contribution is -2.42. The number of fused-ring (bicyclic) bond motifs is 3. The molecule has 2 heterocycles. The highest BCUT2D eigenvalue weighted by atomic mass is 16.6. The van der Waals surface area contributed by atoms with Crippen LogP contribution in [-0.2, 0) is 4.74 Å². The highest BCUT2D eigenvalue weighted by molar-refractivity contribution is 6.05. The van der Waals surface area contributed by atoms with E-state index in [2.05, 4.69) is 0 Å². The molecule has 128 valence electrons. The molecule has 1 aliphatic rings. The number of hydrogen-bond acceptors (Lipinski definition) is 6. The zero-order valence-corrected chi connectivity index (χ0v) is 13.2. The van der Waals surface area contributed by atoms with Gasteiger partial charge in [0.2, 0.25) is 0 Å². The average Bonchev–Trinajstić information content (AvgIpc) is 2.62. The van der Waals surface area contributed by atoms with Crippen molar-refractivity contribution in [2.75, 3.05) is 26.3 Å². The number of phenolic OH excluding ortho intramolecular Hbond substituents is 1. The molecule has 0 atom stereocenters. The number of morpholine rings is 1. The summed E-state index contributed by atoms with van der Waals surface area (Å²) in [6.07, 6.45) is -0.462. The Balaban J connectivity index is 1.70. The van der Waals surface area contributed by atoms with Crippen LogP contribution in [-0.4, -0.2) is 42.4 Å². The minimum Gasteiger partial charge on any atom is -0.508 e. The summed E-state index contributed by atoms with van der Waals surface area (Å²) < 4.78 is 15.9. The van der Waals surface area contributed by atoms with Crippen LogP contribution in [0.3, 0.4) is 0 Å². The molecular weight excluding hydrogens is 326 g/mol. The van der Waals surface area contributed by atoms with Crippen molar-refractivity contribution in [2.45, 2.75) is 0 Å². The number of amides is 1. The predicted molar refractivity (Wildman–Crippen MR) is 90.1 cm³/mol. The zero-order chi connectivity index (χ0) is 17.4. The van der Waals surface area contributed by atoms with E-state index in [9.17, 15) is 14.7 Å². The fraction of sp³-hybridized carbons (Fsp3) is 0.222. The van der Waals surface area contributed by atoms with Gasteiger partial charge in [0, 0.05) is 29.9 Å². The molecule has 1 amide bonds. The Kier molecular flexibility index (Phi) is 3.77. The van der Waals surface area contributed by atoms with Crippen molar-refractivity contribution in [2.24, 2.45) is 0 Å². The number of rotatable bonds is 1. The first-order valence-electron chi connectivity index (χ1n) is 7.86. The van der Waals surface area contributed by atoms with E-state index in [1.807, 2.05) is 0 Å². The number of hydrogen-bond donors (Lipinski definition) is 1. The quantitative estimate of drug-likeness (QED) is 0.540. The van der Waals surface area contributed by atoms with Crippen LogP contribution in [0.25, 0.3) is 21.7 Å². The van der Waals surface area contributed by atoms with Gasteiger partial charge in [-0.15, -0.1) is 0 Å². The van der Waals surface area contributed by atoms with Gasteiger partial charge >= 0.3 is 11.7 Å². The van der Waals surface area contributed by atoms with Crippen LogP contribution in [0.15, 0.2) is 45.6 Å². The third kappa shape index (κ3) is 2.89. The van der Waals surface area contributed by atoms with Crippen LogP contribution in [0.1, 0.15) is 0 Å². The molecule has 4 rings (SSSR count). The van der Waals surface area contributed by atoms with Crippen molar-refractivity contribution in [3.8, 4) is 11.5 Å². The average molecular weight is 341 g/mol. The van der Waals surface area contributed by atoms with Gasteiger partial charge < -0.3 is 23.9 Å². The third-order valence-electron chi connectivity index (χ3n) is 4.14. The molecule has 25 heavy (non-hydrogen) atoms. The molecule has 1 N–H and O–H groups in total. The molecule has 0 aliphatic carbocycles. The van der Waals surface area contributed by atoms with E-state index < -0.39 is 11.7 Å². The van der Waals surface area contributed by atoms with Gasteiger partial charge in [0.15, 0.2) is 0 Å². The number of carbonyl (C=O) groups excluding carboxylic acids is 1. The Morgan fingerprint density at radius 2 is 1.80 bits per heavy atom. The summed E-state index contributed by atoms with van der Waals surface area (Å²) in [7, 11) is 0. The molecule has 0 unspecified atom stereocenters. The predicted octanol–water partition coefficient (Wildman–Crippen LogP) is 2.48. The third-order valence-corrected chi connectivity index (χ3v) is 4.14. The van der Waals surface area contributed by atoms with E-state index >= 15 is 0 Å². The Hall–Kier alpha value is -3.06. The summed E-state index contributed by atoms with van der Waals surface area (Å²) in [6, 6.07) is 9.41. The standard InChI is InChI=1S/C18H15NO6/c20-11-1-3-13-14-4-2-12(10-16(14)25-17(21)15(13)9-11)24-18(22)19-5-7-23-8-6-19/h1-4,9-10,20H,5-8H2. The van der Waals surface area contributed by atoms with Gasteiger partial charge in [-0.25, -0.2) is 9.59 Å². The normalized spacial score (nSPS) is 14.8. The van der Waals surface area contributed by atoms with Crippen molar-refractivity contribution < 1.29 is 23.8 Å². The lowest BCUT2D eigenvalue weighted by atomic mass is 10.1. The van der Waals surface area contributed by atoms with E-state index in [4.69, 9.17) is 13.9 Å². The molecule has 3 aromatic rings. The summed E-state index contributed by atoms with van der Waals surface area (Å²) in [5, 5.41) is 11.2. The Bertz CT molecular complexity index is 1020. The first-order chi connectivity index (χ1) is 12.1. The lowest BCUT2D eigenvalue weighted by molar-refractivity contribution is 0.0416. The summed E-state index contributed by atoms with van der Waals surface area (Å²) in [4.78, 5) is 25.8. The van der Waals surface area contributed by atoms with Crippen LogP contribution < -0.4 is 10.4 Å². The molecule has 0 radical (unpaired) electrons. The van der Waals surface area contributed by atoms with Crippen LogP contribution in [0.4, 0.5) is 4.79 Å². The van der Waals surface area contributed by atoms with Crippen molar-refractivity contribution in [3.63, 3.8) is 0 Å². The minimum absolute atomic E-state index is 0.00443. The van der Waals surface area contributed by atoms with Gasteiger partial charge in [-0.2, -0.15) is 0 Å².